The van der Waals surface area contributed by atoms with Crippen molar-refractivity contribution in [3.05, 3.63) is 89.7 Å². The minimum Gasteiger partial charge on any atom is -0.381 e. The highest BCUT2D eigenvalue weighted by Crippen LogP contribution is 2.30. The second kappa shape index (κ2) is 9.93. The molecule has 0 unspecified atom stereocenters. The van der Waals surface area contributed by atoms with E-state index in [1.54, 1.807) is 18.5 Å². The number of hydrogen-bond donors (Lipinski definition) is 2. The van der Waals surface area contributed by atoms with Gasteiger partial charge in [-0.3, -0.25) is 9.71 Å². The van der Waals surface area contributed by atoms with E-state index in [1.165, 1.54) is 9.87 Å². The van der Waals surface area contributed by atoms with Crippen LogP contribution in [-0.4, -0.2) is 17.7 Å². The number of benzene rings is 2. The number of fused-ring (bicyclic) bond motifs is 1. The summed E-state index contributed by atoms with van der Waals surface area (Å²) in [5.74, 6) is 0. The summed E-state index contributed by atoms with van der Waals surface area (Å²) in [5.41, 5.74) is 4.56. The molecule has 6 nitrogen and oxygen atoms in total. The second-order valence-electron chi connectivity index (χ2n) is 6.45. The fourth-order valence-electron chi connectivity index (χ4n) is 3.05. The zero-order chi connectivity index (χ0) is 18.7. The van der Waals surface area contributed by atoms with Crippen LogP contribution in [0.15, 0.2) is 73.1 Å². The highest BCUT2D eigenvalue weighted by Gasteiger charge is 2.29. The van der Waals surface area contributed by atoms with Crippen molar-refractivity contribution in [3.8, 4) is 0 Å². The van der Waals surface area contributed by atoms with Crippen LogP contribution in [-0.2, 0) is 29.8 Å². The lowest BCUT2D eigenvalue weighted by Crippen LogP contribution is -2.38. The van der Waals surface area contributed by atoms with Gasteiger partial charge in [0.25, 0.3) is 0 Å². The Kier molecular flexibility index (Phi) is 7.87. The highest BCUT2D eigenvalue weighted by atomic mass is 35.5. The van der Waals surface area contributed by atoms with Crippen LogP contribution < -0.4 is 10.0 Å². The summed E-state index contributed by atoms with van der Waals surface area (Å²) in [7, 11) is -3.57. The molecule has 0 spiro atoms. The van der Waals surface area contributed by atoms with E-state index in [0.717, 1.165) is 16.8 Å². The Balaban J connectivity index is 0.00000150. The van der Waals surface area contributed by atoms with Crippen molar-refractivity contribution in [3.63, 3.8) is 0 Å². The van der Waals surface area contributed by atoms with Gasteiger partial charge in [0, 0.05) is 37.7 Å². The lowest BCUT2D eigenvalue weighted by molar-refractivity contribution is 0.400. The summed E-state index contributed by atoms with van der Waals surface area (Å²) in [6, 6.07) is 19.5. The van der Waals surface area contributed by atoms with E-state index in [9.17, 15) is 8.42 Å². The number of anilines is 2. The third kappa shape index (κ3) is 5.61. The molecule has 0 saturated carbocycles. The molecule has 9 heteroatoms. The van der Waals surface area contributed by atoms with Crippen molar-refractivity contribution < 1.29 is 8.42 Å². The molecular weight excluding hydrogens is 431 g/mol. The zero-order valence-electron chi connectivity index (χ0n) is 15.5. The summed E-state index contributed by atoms with van der Waals surface area (Å²) < 4.78 is 29.1. The van der Waals surface area contributed by atoms with E-state index in [4.69, 9.17) is 0 Å². The van der Waals surface area contributed by atoms with Crippen LogP contribution in [0.5, 0.6) is 0 Å². The van der Waals surface area contributed by atoms with Gasteiger partial charge in [-0.1, -0.05) is 36.4 Å². The van der Waals surface area contributed by atoms with Crippen molar-refractivity contribution in [1.82, 2.24) is 9.29 Å². The average Bonchev–Trinajstić information content (AvgIpc) is 2.68. The van der Waals surface area contributed by atoms with Crippen LogP contribution in [0.25, 0.3) is 0 Å². The van der Waals surface area contributed by atoms with Crippen LogP contribution in [0.3, 0.4) is 0 Å². The molecule has 2 aromatic carbocycles. The number of nitrogens with zero attached hydrogens (tertiary/aromatic N) is 2. The Morgan fingerprint density at radius 2 is 1.76 bits per heavy atom. The molecule has 0 fully saturated rings. The van der Waals surface area contributed by atoms with E-state index in [-0.39, 0.29) is 31.4 Å². The largest absolute Gasteiger partial charge is 0.381 e. The van der Waals surface area contributed by atoms with Crippen molar-refractivity contribution in [2.24, 2.45) is 0 Å². The molecule has 0 aliphatic carbocycles. The summed E-state index contributed by atoms with van der Waals surface area (Å²) >= 11 is 0. The van der Waals surface area contributed by atoms with E-state index >= 15 is 0 Å². The Morgan fingerprint density at radius 1 is 1.00 bits per heavy atom. The number of rotatable bonds is 5. The van der Waals surface area contributed by atoms with Crippen LogP contribution in [0.2, 0.25) is 0 Å². The predicted molar refractivity (Wildman–Crippen MR) is 121 cm³/mol. The third-order valence-electron chi connectivity index (χ3n) is 4.45. The number of nitrogens with one attached hydrogen (secondary N) is 2. The minimum atomic E-state index is -3.57. The van der Waals surface area contributed by atoms with Gasteiger partial charge in [-0.25, -0.2) is 0 Å². The molecule has 2 N–H and O–H groups in total. The molecule has 1 aromatic heterocycles. The minimum absolute atomic E-state index is 0. The molecule has 1 aliphatic heterocycles. The quantitative estimate of drug-likeness (QED) is 0.607. The monoisotopic (exact) mass is 452 g/mol. The molecule has 29 heavy (non-hydrogen) atoms. The van der Waals surface area contributed by atoms with Crippen molar-refractivity contribution in [1.29, 1.82) is 0 Å². The van der Waals surface area contributed by atoms with E-state index in [2.05, 4.69) is 27.2 Å². The lowest BCUT2D eigenvalue weighted by Gasteiger charge is -2.29. The molecule has 4 rings (SSSR count). The third-order valence-corrected chi connectivity index (χ3v) is 5.87. The molecule has 0 radical (unpaired) electrons. The first-order valence-corrected chi connectivity index (χ1v) is 10.1. The molecule has 0 atom stereocenters. The average molecular weight is 453 g/mol. The fourth-order valence-corrected chi connectivity index (χ4v) is 4.28. The molecule has 2 heterocycles. The first-order valence-electron chi connectivity index (χ1n) is 8.68. The predicted octanol–water partition coefficient (Wildman–Crippen LogP) is 4.21. The first kappa shape index (κ1) is 23.0. The van der Waals surface area contributed by atoms with Crippen molar-refractivity contribution in [2.75, 3.05) is 10.0 Å². The molecule has 3 aromatic rings. The highest BCUT2D eigenvalue weighted by molar-refractivity contribution is 7.90. The normalized spacial score (nSPS) is 14.5. The molecule has 0 amide bonds. The number of hydrogen-bond acceptors (Lipinski definition) is 4. The van der Waals surface area contributed by atoms with Gasteiger partial charge in [-0.2, -0.15) is 12.7 Å². The lowest BCUT2D eigenvalue weighted by atomic mass is 10.1. The van der Waals surface area contributed by atoms with E-state index in [1.807, 2.05) is 42.5 Å². The topological polar surface area (TPSA) is 74.3 Å². The number of halogens is 2. The summed E-state index contributed by atoms with van der Waals surface area (Å²) in [5, 5.41) is 3.39. The molecule has 1 aliphatic rings. The maximum Gasteiger partial charge on any atom is 0.302 e. The standard InChI is InChI=1S/C20H20N4O2S.2ClH/c25-27(26)23-20-9-8-19(22-13-16-5-2-1-3-6-16)11-18(20)15-24(27)14-17-7-4-10-21-12-17;;/h1-12,22-23H,13-15H2;2*1H. The van der Waals surface area contributed by atoms with Gasteiger partial charge in [0.1, 0.15) is 0 Å². The summed E-state index contributed by atoms with van der Waals surface area (Å²) in [4.78, 5) is 4.06. The Labute approximate surface area is 183 Å². The van der Waals surface area contributed by atoms with Gasteiger partial charge in [-0.05, 0) is 41.0 Å². The molecule has 154 valence electrons. The zero-order valence-corrected chi connectivity index (χ0v) is 17.9. The van der Waals surface area contributed by atoms with Gasteiger partial charge in [0.2, 0.25) is 0 Å². The van der Waals surface area contributed by atoms with Gasteiger partial charge in [0.15, 0.2) is 0 Å². The van der Waals surface area contributed by atoms with Crippen LogP contribution in [0.4, 0.5) is 11.4 Å². The number of aromatic nitrogens is 1. The van der Waals surface area contributed by atoms with Gasteiger partial charge in [0.05, 0.1) is 5.69 Å². The first-order chi connectivity index (χ1) is 13.1. The fraction of sp³-hybridized carbons (Fsp3) is 0.150. The van der Waals surface area contributed by atoms with E-state index < -0.39 is 10.2 Å². The van der Waals surface area contributed by atoms with Gasteiger partial charge >= 0.3 is 10.2 Å². The Bertz CT molecular complexity index is 1030. The Morgan fingerprint density at radius 3 is 2.48 bits per heavy atom. The SMILES string of the molecule is Cl.Cl.O=S1(=O)Nc2ccc(NCc3ccccc3)cc2CN1Cc1cccnc1. The van der Waals surface area contributed by atoms with Gasteiger partial charge < -0.3 is 5.32 Å². The smallest absolute Gasteiger partial charge is 0.302 e. The molecular formula is C20H22Cl2N4O2S. The summed E-state index contributed by atoms with van der Waals surface area (Å²) in [6.07, 6.45) is 3.36. The van der Waals surface area contributed by atoms with Crippen molar-refractivity contribution in [2.45, 2.75) is 19.6 Å². The van der Waals surface area contributed by atoms with Crippen LogP contribution in [0.1, 0.15) is 16.7 Å². The van der Waals surface area contributed by atoms with Crippen LogP contribution in [0, 0.1) is 0 Å². The maximum absolute atomic E-state index is 12.5. The summed E-state index contributed by atoms with van der Waals surface area (Å²) in [6.45, 7) is 1.31. The molecule has 0 saturated heterocycles. The van der Waals surface area contributed by atoms with E-state index in [0.29, 0.717) is 18.8 Å². The van der Waals surface area contributed by atoms with Crippen molar-refractivity contribution >= 4 is 46.4 Å². The van der Waals surface area contributed by atoms with Crippen LogP contribution >= 0.6 is 24.8 Å². The number of pyridine rings is 1. The Hall–Kier alpha value is -2.32. The second-order valence-corrected chi connectivity index (χ2v) is 8.12. The van der Waals surface area contributed by atoms with Gasteiger partial charge in [-0.15, -0.1) is 24.8 Å². The maximum atomic E-state index is 12.5. The molecule has 0 bridgehead atoms.